The van der Waals surface area contributed by atoms with Gasteiger partial charge in [-0.2, -0.15) is 0 Å². The summed E-state index contributed by atoms with van der Waals surface area (Å²) in [6, 6.07) is 0. The summed E-state index contributed by atoms with van der Waals surface area (Å²) in [5, 5.41) is 17.3. The van der Waals surface area contributed by atoms with Crippen LogP contribution in [0.4, 0.5) is 0 Å². The number of aliphatic carboxylic acids is 2. The van der Waals surface area contributed by atoms with Crippen molar-refractivity contribution in [3.63, 3.8) is 0 Å². The molecule has 17 heavy (non-hydrogen) atoms. The molecular formula is C12H20NaO4. The minimum atomic E-state index is -1.08. The molecule has 0 aliphatic rings. The van der Waals surface area contributed by atoms with E-state index in [0.29, 0.717) is 0 Å². The zero-order valence-electron chi connectivity index (χ0n) is 10.7. The Labute approximate surface area is 124 Å². The van der Waals surface area contributed by atoms with Crippen LogP contribution in [0.1, 0.15) is 45.4 Å². The van der Waals surface area contributed by atoms with Crippen LogP contribution in [0, 0.1) is 5.92 Å². The van der Waals surface area contributed by atoms with Gasteiger partial charge in [0.25, 0.3) is 0 Å². The molecule has 0 spiro atoms. The quantitative estimate of drug-likeness (QED) is 0.374. The van der Waals surface area contributed by atoms with Gasteiger partial charge >= 0.3 is 11.9 Å². The molecule has 0 aliphatic heterocycles. The normalized spacial score (nSPS) is 12.1. The van der Waals surface area contributed by atoms with Crippen molar-refractivity contribution in [2.75, 3.05) is 0 Å². The van der Waals surface area contributed by atoms with Gasteiger partial charge in [-0.25, -0.2) is 0 Å². The maximum atomic E-state index is 10.7. The third kappa shape index (κ3) is 11.9. The summed E-state index contributed by atoms with van der Waals surface area (Å²) < 4.78 is 0. The Bertz CT molecular complexity index is 251. The maximum absolute atomic E-state index is 10.7. The third-order valence-corrected chi connectivity index (χ3v) is 2.30. The van der Waals surface area contributed by atoms with Crippen LogP contribution >= 0.6 is 0 Å². The molecule has 4 nitrogen and oxygen atoms in total. The summed E-state index contributed by atoms with van der Waals surface area (Å²) >= 11 is 0. The number of rotatable bonds is 9. The van der Waals surface area contributed by atoms with Crippen molar-refractivity contribution in [3.05, 3.63) is 12.2 Å². The van der Waals surface area contributed by atoms with E-state index in [1.54, 1.807) is 6.08 Å². The first-order chi connectivity index (χ1) is 7.57. The molecule has 0 aromatic rings. The third-order valence-electron chi connectivity index (χ3n) is 2.30. The van der Waals surface area contributed by atoms with E-state index in [2.05, 4.69) is 6.92 Å². The van der Waals surface area contributed by atoms with Crippen molar-refractivity contribution in [2.24, 2.45) is 5.92 Å². The van der Waals surface area contributed by atoms with Crippen molar-refractivity contribution < 1.29 is 19.8 Å². The van der Waals surface area contributed by atoms with Crippen LogP contribution < -0.4 is 0 Å². The van der Waals surface area contributed by atoms with Gasteiger partial charge in [0.1, 0.15) is 0 Å². The molecule has 0 bridgehead atoms. The molecule has 1 atom stereocenters. The molecule has 0 fully saturated rings. The van der Waals surface area contributed by atoms with Crippen molar-refractivity contribution in [1.82, 2.24) is 0 Å². The second-order valence-electron chi connectivity index (χ2n) is 3.82. The minimum absolute atomic E-state index is 0. The van der Waals surface area contributed by atoms with Crippen LogP contribution in [-0.4, -0.2) is 51.7 Å². The molecular weight excluding hydrogens is 231 g/mol. The Morgan fingerprint density at radius 3 is 2.29 bits per heavy atom. The molecule has 2 N–H and O–H groups in total. The molecule has 5 heteroatoms. The van der Waals surface area contributed by atoms with Crippen LogP contribution in [-0.2, 0) is 9.59 Å². The predicted octanol–water partition coefficient (Wildman–Crippen LogP) is 2.31. The molecule has 1 radical (unpaired) electrons. The molecule has 0 saturated heterocycles. The molecule has 0 aliphatic carbocycles. The van der Waals surface area contributed by atoms with Gasteiger partial charge in [-0.05, 0) is 12.8 Å². The average molecular weight is 251 g/mol. The van der Waals surface area contributed by atoms with E-state index in [-0.39, 0.29) is 36.0 Å². The Morgan fingerprint density at radius 1 is 1.18 bits per heavy atom. The molecule has 0 saturated carbocycles. The monoisotopic (exact) mass is 251 g/mol. The summed E-state index contributed by atoms with van der Waals surface area (Å²) in [6.45, 7) is 2.13. The smallest absolute Gasteiger partial charge is 0.310 e. The molecule has 0 aromatic carbocycles. The van der Waals surface area contributed by atoms with E-state index in [1.807, 2.05) is 0 Å². The summed E-state index contributed by atoms with van der Waals surface area (Å²) in [7, 11) is 0. The van der Waals surface area contributed by atoms with Crippen molar-refractivity contribution >= 4 is 41.5 Å². The summed E-state index contributed by atoms with van der Waals surface area (Å²) in [6.07, 6.45) is 8.26. The number of unbranched alkanes of at least 4 members (excludes halogenated alkanes) is 4. The van der Waals surface area contributed by atoms with Gasteiger partial charge in [-0.1, -0.05) is 38.3 Å². The van der Waals surface area contributed by atoms with Gasteiger partial charge < -0.3 is 10.2 Å². The Kier molecular flexibility index (Phi) is 13.6. The Balaban J connectivity index is 0. The zero-order valence-corrected chi connectivity index (χ0v) is 12.7. The van der Waals surface area contributed by atoms with Crippen molar-refractivity contribution in [2.45, 2.75) is 45.4 Å². The van der Waals surface area contributed by atoms with Gasteiger partial charge in [0.2, 0.25) is 0 Å². The number of hydrogen-bond acceptors (Lipinski definition) is 2. The maximum Gasteiger partial charge on any atom is 0.310 e. The van der Waals surface area contributed by atoms with E-state index in [4.69, 9.17) is 10.2 Å². The van der Waals surface area contributed by atoms with E-state index >= 15 is 0 Å². The van der Waals surface area contributed by atoms with Crippen LogP contribution in [0.2, 0.25) is 0 Å². The SMILES string of the molecule is CCCCCCC=CC(CC(=O)O)C(=O)O.[Na]. The van der Waals surface area contributed by atoms with Gasteiger partial charge in [-0.3, -0.25) is 9.59 Å². The van der Waals surface area contributed by atoms with Gasteiger partial charge in [-0.15, -0.1) is 0 Å². The Hall–Kier alpha value is -0.320. The predicted molar refractivity (Wildman–Crippen MR) is 67.0 cm³/mol. The van der Waals surface area contributed by atoms with Crippen LogP contribution in [0.15, 0.2) is 12.2 Å². The first kappa shape index (κ1) is 19.0. The number of carboxylic acid groups (broad SMARTS) is 2. The molecule has 0 amide bonds. The van der Waals surface area contributed by atoms with Crippen LogP contribution in [0.5, 0.6) is 0 Å². The summed E-state index contributed by atoms with van der Waals surface area (Å²) in [5.41, 5.74) is 0. The second kappa shape index (κ2) is 12.1. The fourth-order valence-electron chi connectivity index (χ4n) is 1.38. The van der Waals surface area contributed by atoms with E-state index in [1.165, 1.54) is 18.9 Å². The summed E-state index contributed by atoms with van der Waals surface area (Å²) in [5.74, 6) is -3.06. The van der Waals surface area contributed by atoms with Crippen LogP contribution in [0.25, 0.3) is 0 Å². The number of allylic oxidation sites excluding steroid dienone is 1. The van der Waals surface area contributed by atoms with E-state index in [9.17, 15) is 9.59 Å². The number of hydrogen-bond donors (Lipinski definition) is 2. The molecule has 93 valence electrons. The van der Waals surface area contributed by atoms with E-state index < -0.39 is 17.9 Å². The fourth-order valence-corrected chi connectivity index (χ4v) is 1.38. The average Bonchev–Trinajstić information content (AvgIpc) is 2.20. The minimum Gasteiger partial charge on any atom is -0.481 e. The van der Waals surface area contributed by atoms with E-state index in [0.717, 1.165) is 19.3 Å². The second-order valence-corrected chi connectivity index (χ2v) is 3.82. The van der Waals surface area contributed by atoms with Gasteiger partial charge in [0.05, 0.1) is 12.3 Å². The molecule has 0 rings (SSSR count). The van der Waals surface area contributed by atoms with Gasteiger partial charge in [0, 0.05) is 29.6 Å². The molecule has 0 aromatic heterocycles. The molecule has 0 heterocycles. The standard InChI is InChI=1S/C12H20O4.Na/c1-2-3-4-5-6-7-8-10(12(15)16)9-11(13)14;/h7-8,10H,2-6,9H2,1H3,(H,13,14)(H,15,16);. The zero-order chi connectivity index (χ0) is 12.4. The largest absolute Gasteiger partial charge is 0.481 e. The molecule has 1 unspecified atom stereocenters. The Morgan fingerprint density at radius 2 is 1.82 bits per heavy atom. The number of carboxylic acids is 2. The first-order valence-corrected chi connectivity index (χ1v) is 5.69. The van der Waals surface area contributed by atoms with Gasteiger partial charge in [0.15, 0.2) is 0 Å². The van der Waals surface area contributed by atoms with Crippen molar-refractivity contribution in [3.8, 4) is 0 Å². The topological polar surface area (TPSA) is 74.6 Å². The number of carbonyl (C=O) groups is 2. The first-order valence-electron chi connectivity index (χ1n) is 5.69. The van der Waals surface area contributed by atoms with Crippen molar-refractivity contribution in [1.29, 1.82) is 0 Å². The summed E-state index contributed by atoms with van der Waals surface area (Å²) in [4.78, 5) is 21.1. The van der Waals surface area contributed by atoms with Crippen LogP contribution in [0.3, 0.4) is 0 Å². The fraction of sp³-hybridized carbons (Fsp3) is 0.667.